The van der Waals surface area contributed by atoms with Crippen molar-refractivity contribution in [2.24, 2.45) is 5.92 Å². The van der Waals surface area contributed by atoms with Crippen molar-refractivity contribution in [2.75, 3.05) is 13.3 Å². The fourth-order valence-corrected chi connectivity index (χ4v) is 3.45. The largest absolute Gasteiger partial charge is 0.481 e. The van der Waals surface area contributed by atoms with Crippen LogP contribution >= 0.6 is 0 Å². The zero-order chi connectivity index (χ0) is 17.9. The van der Waals surface area contributed by atoms with Crippen molar-refractivity contribution in [3.05, 3.63) is 48.3 Å². The molecule has 2 N–H and O–H groups in total. The number of pyridine rings is 1. The summed E-state index contributed by atoms with van der Waals surface area (Å²) in [5.41, 5.74) is 0.581. The molecule has 0 saturated carbocycles. The number of ether oxygens (including phenoxy) is 2. The number of hydrogen-bond donors (Lipinski definition) is 2. The second-order valence-electron chi connectivity index (χ2n) is 5.43. The van der Waals surface area contributed by atoms with E-state index in [-0.39, 0.29) is 24.7 Å². The zero-order valence-electron chi connectivity index (χ0n) is 13.1. The van der Waals surface area contributed by atoms with Crippen molar-refractivity contribution in [1.29, 1.82) is 0 Å². The Bertz CT molecular complexity index is 869. The topological polar surface area (TPSA) is 115 Å². The van der Waals surface area contributed by atoms with E-state index in [0.717, 1.165) is 0 Å². The third kappa shape index (κ3) is 4.06. The number of nitrogens with zero attached hydrogens (tertiary/aromatic N) is 1. The first-order valence-electron chi connectivity index (χ1n) is 7.48. The molecule has 1 aromatic heterocycles. The van der Waals surface area contributed by atoms with E-state index >= 15 is 0 Å². The molecule has 132 valence electrons. The summed E-state index contributed by atoms with van der Waals surface area (Å²) in [5.74, 6) is -1.22. The van der Waals surface area contributed by atoms with Crippen LogP contribution in [0, 0.1) is 5.92 Å². The Morgan fingerprint density at radius 1 is 1.24 bits per heavy atom. The highest BCUT2D eigenvalue weighted by Crippen LogP contribution is 2.33. The lowest BCUT2D eigenvalue weighted by Gasteiger charge is -2.13. The molecule has 1 aromatic carbocycles. The Morgan fingerprint density at radius 3 is 2.76 bits per heavy atom. The number of benzene rings is 1. The lowest BCUT2D eigenvalue weighted by atomic mass is 10.0. The van der Waals surface area contributed by atoms with Gasteiger partial charge in [0, 0.05) is 30.9 Å². The Hall–Kier alpha value is -2.65. The minimum atomic E-state index is -3.87. The van der Waals surface area contributed by atoms with Crippen LogP contribution < -0.4 is 14.2 Å². The number of rotatable bonds is 7. The smallest absolute Gasteiger partial charge is 0.308 e. The van der Waals surface area contributed by atoms with E-state index in [9.17, 15) is 18.3 Å². The third-order valence-corrected chi connectivity index (χ3v) is 5.13. The lowest BCUT2D eigenvalue weighted by molar-refractivity contribution is -0.141. The van der Waals surface area contributed by atoms with Crippen molar-refractivity contribution in [3.8, 4) is 11.5 Å². The highest BCUT2D eigenvalue weighted by atomic mass is 32.2. The highest BCUT2D eigenvalue weighted by Gasteiger charge is 2.24. The standard InChI is InChI=1S/C16H16N2O6S/c19-16(20)11(7-12-3-1-2-6-17-12)9-18-25(21,22)13-4-5-14-15(8-13)24-10-23-14/h1-6,8,11,18H,7,9-10H2,(H,19,20). The van der Waals surface area contributed by atoms with E-state index in [1.807, 2.05) is 0 Å². The molecular weight excluding hydrogens is 348 g/mol. The third-order valence-electron chi connectivity index (χ3n) is 3.71. The highest BCUT2D eigenvalue weighted by molar-refractivity contribution is 7.89. The number of sulfonamides is 1. The van der Waals surface area contributed by atoms with Crippen molar-refractivity contribution in [2.45, 2.75) is 11.3 Å². The van der Waals surface area contributed by atoms with Crippen LogP contribution in [0.25, 0.3) is 0 Å². The molecule has 25 heavy (non-hydrogen) atoms. The van der Waals surface area contributed by atoms with Crippen molar-refractivity contribution in [1.82, 2.24) is 9.71 Å². The number of fused-ring (bicyclic) bond motifs is 1. The summed E-state index contributed by atoms with van der Waals surface area (Å²) in [7, 11) is -3.87. The minimum Gasteiger partial charge on any atom is -0.481 e. The molecular formula is C16H16N2O6S. The van der Waals surface area contributed by atoms with Crippen LogP contribution in [0.4, 0.5) is 0 Å². The number of hydrogen-bond acceptors (Lipinski definition) is 6. The molecule has 0 spiro atoms. The van der Waals surface area contributed by atoms with Gasteiger partial charge in [0.05, 0.1) is 10.8 Å². The normalized spacial score (nSPS) is 14.2. The van der Waals surface area contributed by atoms with E-state index in [1.54, 1.807) is 24.4 Å². The van der Waals surface area contributed by atoms with Crippen LogP contribution in [0.15, 0.2) is 47.5 Å². The SMILES string of the molecule is O=C(O)C(CNS(=O)(=O)c1ccc2c(c1)OCO2)Cc1ccccn1. The van der Waals surface area contributed by atoms with Gasteiger partial charge in [0.25, 0.3) is 0 Å². The molecule has 9 heteroatoms. The molecule has 2 heterocycles. The quantitative estimate of drug-likeness (QED) is 0.754. The number of aliphatic carboxylic acids is 1. The first-order chi connectivity index (χ1) is 12.0. The number of aromatic nitrogens is 1. The number of nitrogens with one attached hydrogen (secondary N) is 1. The second-order valence-corrected chi connectivity index (χ2v) is 7.19. The van der Waals surface area contributed by atoms with Gasteiger partial charge in [-0.15, -0.1) is 0 Å². The van der Waals surface area contributed by atoms with Crippen LogP contribution in [0.5, 0.6) is 11.5 Å². The molecule has 0 radical (unpaired) electrons. The molecule has 1 aliphatic rings. The van der Waals surface area contributed by atoms with Crippen LogP contribution in [-0.2, 0) is 21.2 Å². The van der Waals surface area contributed by atoms with E-state index in [2.05, 4.69) is 9.71 Å². The number of carboxylic acids is 1. The van der Waals surface area contributed by atoms with Crippen molar-refractivity contribution >= 4 is 16.0 Å². The first kappa shape index (κ1) is 17.2. The maximum atomic E-state index is 12.4. The molecule has 1 atom stereocenters. The maximum absolute atomic E-state index is 12.4. The Kier molecular flexibility index (Phi) is 4.86. The van der Waals surface area contributed by atoms with Gasteiger partial charge in [-0.2, -0.15) is 0 Å². The maximum Gasteiger partial charge on any atom is 0.308 e. The van der Waals surface area contributed by atoms with E-state index in [0.29, 0.717) is 17.2 Å². The van der Waals surface area contributed by atoms with Gasteiger partial charge in [0.15, 0.2) is 11.5 Å². The Balaban J connectivity index is 1.70. The molecule has 3 rings (SSSR count). The molecule has 2 aromatic rings. The van der Waals surface area contributed by atoms with Crippen LogP contribution in [0.2, 0.25) is 0 Å². The molecule has 1 unspecified atom stereocenters. The molecule has 8 nitrogen and oxygen atoms in total. The number of carboxylic acid groups (broad SMARTS) is 1. The molecule has 0 aliphatic carbocycles. The average Bonchev–Trinajstić information content (AvgIpc) is 3.07. The predicted molar refractivity (Wildman–Crippen MR) is 86.8 cm³/mol. The van der Waals surface area contributed by atoms with Crippen LogP contribution in [0.3, 0.4) is 0 Å². The Labute approximate surface area is 144 Å². The molecule has 0 saturated heterocycles. The summed E-state index contributed by atoms with van der Waals surface area (Å²) >= 11 is 0. The van der Waals surface area contributed by atoms with Gasteiger partial charge in [-0.1, -0.05) is 6.07 Å². The van der Waals surface area contributed by atoms with Crippen LogP contribution in [-0.4, -0.2) is 37.8 Å². The molecule has 0 fully saturated rings. The monoisotopic (exact) mass is 364 g/mol. The van der Waals surface area contributed by atoms with Crippen molar-refractivity contribution < 1.29 is 27.8 Å². The summed E-state index contributed by atoms with van der Waals surface area (Å²) < 4.78 is 37.4. The van der Waals surface area contributed by atoms with Crippen LogP contribution in [0.1, 0.15) is 5.69 Å². The summed E-state index contributed by atoms with van der Waals surface area (Å²) in [6.45, 7) is -0.208. The van der Waals surface area contributed by atoms with E-state index < -0.39 is 21.9 Å². The molecule has 0 bridgehead atoms. The summed E-state index contributed by atoms with van der Waals surface area (Å²) in [4.78, 5) is 15.5. The van der Waals surface area contributed by atoms with Gasteiger partial charge >= 0.3 is 5.97 Å². The predicted octanol–water partition coefficient (Wildman–Crippen LogP) is 1.03. The summed E-state index contributed by atoms with van der Waals surface area (Å²) in [5, 5.41) is 9.33. The van der Waals surface area contributed by atoms with Gasteiger partial charge < -0.3 is 14.6 Å². The zero-order valence-corrected chi connectivity index (χ0v) is 13.9. The molecule has 1 aliphatic heterocycles. The Morgan fingerprint density at radius 2 is 2.04 bits per heavy atom. The van der Waals surface area contributed by atoms with Gasteiger partial charge in [0.2, 0.25) is 16.8 Å². The van der Waals surface area contributed by atoms with E-state index in [1.165, 1.54) is 18.2 Å². The fourth-order valence-electron chi connectivity index (χ4n) is 2.36. The molecule has 0 amide bonds. The summed E-state index contributed by atoms with van der Waals surface area (Å²) in [6, 6.07) is 9.39. The van der Waals surface area contributed by atoms with Gasteiger partial charge in [-0.25, -0.2) is 13.1 Å². The fraction of sp³-hybridized carbons (Fsp3) is 0.250. The van der Waals surface area contributed by atoms with Crippen molar-refractivity contribution in [3.63, 3.8) is 0 Å². The minimum absolute atomic E-state index is 0.0151. The van der Waals surface area contributed by atoms with Gasteiger partial charge in [-0.3, -0.25) is 9.78 Å². The van der Waals surface area contributed by atoms with Gasteiger partial charge in [0.1, 0.15) is 0 Å². The first-order valence-corrected chi connectivity index (χ1v) is 8.96. The number of carbonyl (C=O) groups is 1. The van der Waals surface area contributed by atoms with Gasteiger partial charge in [-0.05, 0) is 24.3 Å². The summed E-state index contributed by atoms with van der Waals surface area (Å²) in [6.07, 6.45) is 1.69. The lowest BCUT2D eigenvalue weighted by Crippen LogP contribution is -2.34. The second kappa shape index (κ2) is 7.08. The van der Waals surface area contributed by atoms with E-state index in [4.69, 9.17) is 9.47 Å². The average molecular weight is 364 g/mol.